The summed E-state index contributed by atoms with van der Waals surface area (Å²) in [6.07, 6.45) is 5.02. The van der Waals surface area contributed by atoms with Crippen LogP contribution in [0, 0.1) is 4.77 Å². The summed E-state index contributed by atoms with van der Waals surface area (Å²) in [5.41, 5.74) is 1.60. The lowest BCUT2D eigenvalue weighted by Gasteiger charge is -2.01. The zero-order chi connectivity index (χ0) is 10.3. The van der Waals surface area contributed by atoms with E-state index < -0.39 is 0 Å². The summed E-state index contributed by atoms with van der Waals surface area (Å²) in [5.74, 6) is 0. The van der Waals surface area contributed by atoms with Gasteiger partial charge in [-0.15, -0.1) is 11.3 Å². The van der Waals surface area contributed by atoms with Crippen LogP contribution in [0.15, 0.2) is 24.1 Å². The number of hydrogen-bond acceptors (Lipinski definition) is 5. The molecule has 0 saturated carbocycles. The molecule has 1 N–H and O–H groups in total. The summed E-state index contributed by atoms with van der Waals surface area (Å²) < 4.78 is 2.22. The van der Waals surface area contributed by atoms with Gasteiger partial charge in [-0.3, -0.25) is 0 Å². The molecule has 74 valence electrons. The van der Waals surface area contributed by atoms with Crippen molar-refractivity contribution in [3.8, 4) is 5.13 Å². The van der Waals surface area contributed by atoms with Crippen molar-refractivity contribution in [2.24, 2.45) is 0 Å². The van der Waals surface area contributed by atoms with Crippen LogP contribution in [0.5, 0.6) is 0 Å². The van der Waals surface area contributed by atoms with E-state index >= 15 is 0 Å². The molecule has 0 fully saturated rings. The Morgan fingerprint density at radius 1 is 1.33 bits per heavy atom. The molecule has 3 aromatic rings. The van der Waals surface area contributed by atoms with E-state index in [1.807, 2.05) is 5.38 Å². The molecule has 0 aliphatic carbocycles. The van der Waals surface area contributed by atoms with Gasteiger partial charge in [0, 0.05) is 11.6 Å². The lowest BCUT2D eigenvalue weighted by Crippen LogP contribution is -2.00. The van der Waals surface area contributed by atoms with Crippen molar-refractivity contribution in [1.29, 1.82) is 0 Å². The Morgan fingerprint density at radius 3 is 3.07 bits per heavy atom. The Labute approximate surface area is 93.5 Å². The lowest BCUT2D eigenvalue weighted by atomic mass is 10.5. The largest absolute Gasteiger partial charge is 0.342 e. The van der Waals surface area contributed by atoms with Gasteiger partial charge in [0.1, 0.15) is 5.52 Å². The van der Waals surface area contributed by atoms with Crippen molar-refractivity contribution >= 4 is 34.7 Å². The third-order valence-electron chi connectivity index (χ3n) is 1.97. The van der Waals surface area contributed by atoms with E-state index in [9.17, 15) is 0 Å². The average molecular weight is 235 g/mol. The molecule has 0 atom stereocenters. The molecule has 0 aliphatic rings. The van der Waals surface area contributed by atoms with Crippen LogP contribution >= 0.6 is 23.6 Å². The maximum absolute atomic E-state index is 5.16. The molecule has 0 aromatic carbocycles. The fourth-order valence-corrected chi connectivity index (χ4v) is 2.26. The number of rotatable bonds is 1. The van der Waals surface area contributed by atoms with E-state index in [4.69, 9.17) is 12.2 Å². The standard InChI is InChI=1S/C8H5N5S2/c14-7-10-3-5-6(12-4-11-5)13(7)8-9-1-2-15-8/h1-4H,(H,11,12). The lowest BCUT2D eigenvalue weighted by molar-refractivity contribution is 0.975. The van der Waals surface area contributed by atoms with Gasteiger partial charge in [0.05, 0.1) is 12.5 Å². The van der Waals surface area contributed by atoms with Gasteiger partial charge in [0.2, 0.25) is 4.77 Å². The molecule has 3 heterocycles. The van der Waals surface area contributed by atoms with Gasteiger partial charge in [0.25, 0.3) is 0 Å². The van der Waals surface area contributed by atoms with Gasteiger partial charge in [-0.2, -0.15) is 0 Å². The van der Waals surface area contributed by atoms with Crippen LogP contribution in [0.4, 0.5) is 0 Å². The first-order valence-corrected chi connectivity index (χ1v) is 5.46. The van der Waals surface area contributed by atoms with Crippen LogP contribution in [-0.4, -0.2) is 24.5 Å². The molecule has 0 unspecified atom stereocenters. The second kappa shape index (κ2) is 3.21. The molecule has 0 radical (unpaired) electrons. The number of hydrogen-bond donors (Lipinski definition) is 1. The first kappa shape index (κ1) is 8.69. The molecule has 5 nitrogen and oxygen atoms in total. The molecule has 3 aromatic heterocycles. The highest BCUT2D eigenvalue weighted by atomic mass is 32.1. The maximum Gasteiger partial charge on any atom is 0.207 e. The quantitative estimate of drug-likeness (QED) is 0.655. The Balaban J connectivity index is 2.47. The maximum atomic E-state index is 5.16. The minimum Gasteiger partial charge on any atom is -0.342 e. The molecule has 0 saturated heterocycles. The second-order valence-electron chi connectivity index (χ2n) is 2.83. The van der Waals surface area contributed by atoms with E-state index in [0.29, 0.717) is 4.77 Å². The molecule has 0 spiro atoms. The summed E-state index contributed by atoms with van der Waals surface area (Å²) >= 11 is 6.66. The zero-order valence-electron chi connectivity index (χ0n) is 7.41. The van der Waals surface area contributed by atoms with Crippen LogP contribution in [0.3, 0.4) is 0 Å². The van der Waals surface area contributed by atoms with Crippen molar-refractivity contribution < 1.29 is 0 Å². The van der Waals surface area contributed by atoms with Gasteiger partial charge < -0.3 is 4.98 Å². The minimum atomic E-state index is 0.463. The number of H-pyrrole nitrogens is 1. The zero-order valence-corrected chi connectivity index (χ0v) is 9.05. The number of nitrogens with one attached hydrogen (secondary N) is 1. The van der Waals surface area contributed by atoms with Crippen molar-refractivity contribution in [3.63, 3.8) is 0 Å². The van der Waals surface area contributed by atoms with Crippen molar-refractivity contribution in [2.75, 3.05) is 0 Å². The number of thiazole rings is 1. The first-order chi connectivity index (χ1) is 7.36. The molecule has 0 amide bonds. The first-order valence-electron chi connectivity index (χ1n) is 4.17. The van der Waals surface area contributed by atoms with Gasteiger partial charge in [0.15, 0.2) is 10.8 Å². The Bertz CT molecular complexity index is 651. The fraction of sp³-hybridized carbons (Fsp3) is 0. The molecular formula is C8H5N5S2. The normalized spacial score (nSPS) is 10.9. The molecular weight excluding hydrogens is 230 g/mol. The van der Waals surface area contributed by atoms with E-state index in [1.165, 1.54) is 11.3 Å². The molecule has 15 heavy (non-hydrogen) atoms. The predicted molar refractivity (Wildman–Crippen MR) is 59.7 cm³/mol. The highest BCUT2D eigenvalue weighted by Crippen LogP contribution is 2.16. The third kappa shape index (κ3) is 1.28. The Hall–Kier alpha value is -1.60. The van der Waals surface area contributed by atoms with E-state index in [0.717, 1.165) is 16.3 Å². The highest BCUT2D eigenvalue weighted by molar-refractivity contribution is 7.71. The predicted octanol–water partition coefficient (Wildman–Crippen LogP) is 1.93. The van der Waals surface area contributed by atoms with Gasteiger partial charge in [-0.1, -0.05) is 0 Å². The van der Waals surface area contributed by atoms with Crippen molar-refractivity contribution in [1.82, 2.24) is 24.5 Å². The van der Waals surface area contributed by atoms with Crippen LogP contribution in [0.2, 0.25) is 0 Å². The van der Waals surface area contributed by atoms with Crippen molar-refractivity contribution in [2.45, 2.75) is 0 Å². The monoisotopic (exact) mass is 235 g/mol. The molecule has 0 bridgehead atoms. The topological polar surface area (TPSA) is 59.4 Å². The summed E-state index contributed by atoms with van der Waals surface area (Å²) in [6, 6.07) is 0. The summed E-state index contributed by atoms with van der Waals surface area (Å²) in [4.78, 5) is 15.5. The Kier molecular flexibility index (Phi) is 1.86. The summed E-state index contributed by atoms with van der Waals surface area (Å²) in [7, 11) is 0. The number of fused-ring (bicyclic) bond motifs is 1. The molecule has 0 aliphatic heterocycles. The number of imidazole rings is 1. The second-order valence-corrected chi connectivity index (χ2v) is 4.07. The van der Waals surface area contributed by atoms with E-state index in [-0.39, 0.29) is 0 Å². The van der Waals surface area contributed by atoms with E-state index in [1.54, 1.807) is 23.3 Å². The van der Waals surface area contributed by atoms with Gasteiger partial charge in [-0.05, 0) is 12.2 Å². The number of aromatic amines is 1. The van der Waals surface area contributed by atoms with Crippen LogP contribution in [-0.2, 0) is 0 Å². The molecule has 7 heteroatoms. The smallest absolute Gasteiger partial charge is 0.207 e. The average Bonchev–Trinajstić information content (AvgIpc) is 2.85. The van der Waals surface area contributed by atoms with Gasteiger partial charge >= 0.3 is 0 Å². The minimum absolute atomic E-state index is 0.463. The SMILES string of the molecule is S=c1ncc2[nH]cnc2n1-c1nccs1. The van der Waals surface area contributed by atoms with Crippen LogP contribution < -0.4 is 0 Å². The van der Waals surface area contributed by atoms with E-state index in [2.05, 4.69) is 19.9 Å². The highest BCUT2D eigenvalue weighted by Gasteiger charge is 2.07. The number of aromatic nitrogens is 5. The summed E-state index contributed by atoms with van der Waals surface area (Å²) in [5, 5.41) is 2.67. The summed E-state index contributed by atoms with van der Waals surface area (Å²) in [6.45, 7) is 0. The fourth-order valence-electron chi connectivity index (χ4n) is 1.34. The van der Waals surface area contributed by atoms with Gasteiger partial charge in [-0.25, -0.2) is 19.5 Å². The van der Waals surface area contributed by atoms with Crippen LogP contribution in [0.25, 0.3) is 16.3 Å². The van der Waals surface area contributed by atoms with Crippen molar-refractivity contribution in [3.05, 3.63) is 28.9 Å². The van der Waals surface area contributed by atoms with Crippen LogP contribution in [0.1, 0.15) is 0 Å². The Morgan fingerprint density at radius 2 is 2.27 bits per heavy atom. The third-order valence-corrected chi connectivity index (χ3v) is 3.01. The number of nitrogens with zero attached hydrogens (tertiary/aromatic N) is 4. The molecule has 3 rings (SSSR count).